The third-order valence-corrected chi connectivity index (χ3v) is 1.44. The number of rotatable bonds is 4. The van der Waals surface area contributed by atoms with Gasteiger partial charge in [0, 0.05) is 12.2 Å². The first-order valence-electron chi connectivity index (χ1n) is 3.69. The molecule has 0 fully saturated rings. The highest BCUT2D eigenvalue weighted by atomic mass is 16.3. The predicted molar refractivity (Wildman–Crippen MR) is 46.8 cm³/mol. The van der Waals surface area contributed by atoms with E-state index in [-0.39, 0.29) is 6.61 Å². The first-order valence-corrected chi connectivity index (χ1v) is 3.69. The molecule has 1 aromatic rings. The fourth-order valence-corrected chi connectivity index (χ4v) is 0.854. The van der Waals surface area contributed by atoms with Crippen molar-refractivity contribution in [3.05, 3.63) is 24.3 Å². The maximum absolute atomic E-state index is 8.52. The Bertz CT molecular complexity index is 245. The van der Waals surface area contributed by atoms with Gasteiger partial charge in [-0.25, -0.2) is 5.53 Å². The first kappa shape index (κ1) is 8.67. The molecule has 0 aliphatic rings. The molecule has 0 spiro atoms. The van der Waals surface area contributed by atoms with Gasteiger partial charge in [0.2, 0.25) is 0 Å². The van der Waals surface area contributed by atoms with Gasteiger partial charge in [0.25, 0.3) is 0 Å². The van der Waals surface area contributed by atoms with E-state index in [9.17, 15) is 0 Å². The van der Waals surface area contributed by atoms with Crippen molar-refractivity contribution >= 4 is 11.4 Å². The van der Waals surface area contributed by atoms with Crippen molar-refractivity contribution in [3.63, 3.8) is 0 Å². The summed E-state index contributed by atoms with van der Waals surface area (Å²) in [6, 6.07) is 7.13. The smallest absolute Gasteiger partial charge is 0.0851 e. The van der Waals surface area contributed by atoms with Crippen LogP contribution in [0.5, 0.6) is 0 Å². The topological polar surface area (TPSA) is 68.5 Å². The van der Waals surface area contributed by atoms with Crippen LogP contribution in [-0.2, 0) is 0 Å². The van der Waals surface area contributed by atoms with E-state index >= 15 is 0 Å². The minimum absolute atomic E-state index is 0.116. The van der Waals surface area contributed by atoms with Crippen LogP contribution in [-0.4, -0.2) is 18.3 Å². The molecule has 0 radical (unpaired) electrons. The maximum Gasteiger partial charge on any atom is 0.0851 e. The quantitative estimate of drug-likeness (QED) is 0.595. The summed E-state index contributed by atoms with van der Waals surface area (Å²) in [5.41, 5.74) is 8.27. The van der Waals surface area contributed by atoms with E-state index < -0.39 is 0 Å². The minimum Gasteiger partial charge on any atom is -0.395 e. The Balaban J connectivity index is 2.58. The molecule has 0 saturated carbocycles. The Morgan fingerprint density at radius 3 is 2.50 bits per heavy atom. The molecule has 1 rings (SSSR count). The van der Waals surface area contributed by atoms with Gasteiger partial charge in [0.15, 0.2) is 0 Å². The lowest BCUT2D eigenvalue weighted by Crippen LogP contribution is -2.04. The van der Waals surface area contributed by atoms with Crippen LogP contribution in [0.15, 0.2) is 29.4 Å². The lowest BCUT2D eigenvalue weighted by molar-refractivity contribution is 0.311. The Labute approximate surface area is 70.7 Å². The van der Waals surface area contributed by atoms with Crippen molar-refractivity contribution in [1.29, 1.82) is 5.53 Å². The summed E-state index contributed by atoms with van der Waals surface area (Å²) in [6.07, 6.45) is 0. The Hall–Kier alpha value is -1.42. The summed E-state index contributed by atoms with van der Waals surface area (Å²) >= 11 is 0. The fourth-order valence-electron chi connectivity index (χ4n) is 0.854. The SMILES string of the molecule is N=Nc1ccc(NCCO)cc1. The maximum atomic E-state index is 8.52. The largest absolute Gasteiger partial charge is 0.395 e. The van der Waals surface area contributed by atoms with Crippen LogP contribution >= 0.6 is 0 Å². The Morgan fingerprint density at radius 2 is 2.00 bits per heavy atom. The zero-order valence-corrected chi connectivity index (χ0v) is 6.62. The molecule has 1 aromatic carbocycles. The molecule has 0 aromatic heterocycles. The Kier molecular flexibility index (Phi) is 3.22. The van der Waals surface area contributed by atoms with Gasteiger partial charge in [0.05, 0.1) is 12.3 Å². The second-order valence-corrected chi connectivity index (χ2v) is 2.31. The van der Waals surface area contributed by atoms with Crippen LogP contribution in [0.25, 0.3) is 0 Å². The number of hydrogen-bond donors (Lipinski definition) is 3. The highest BCUT2D eigenvalue weighted by Gasteiger charge is 1.90. The molecule has 0 saturated heterocycles. The van der Waals surface area contributed by atoms with Crippen LogP contribution in [0.4, 0.5) is 11.4 Å². The van der Waals surface area contributed by atoms with Crippen LogP contribution < -0.4 is 5.32 Å². The van der Waals surface area contributed by atoms with Crippen LogP contribution in [0.3, 0.4) is 0 Å². The first-order chi connectivity index (χ1) is 5.86. The molecule has 0 unspecified atom stereocenters. The molecule has 4 nitrogen and oxygen atoms in total. The molecule has 0 aliphatic carbocycles. The van der Waals surface area contributed by atoms with E-state index in [1.54, 1.807) is 12.1 Å². The number of nitrogens with one attached hydrogen (secondary N) is 2. The van der Waals surface area contributed by atoms with Gasteiger partial charge >= 0.3 is 0 Å². The van der Waals surface area contributed by atoms with Crippen LogP contribution in [0.1, 0.15) is 0 Å². The second kappa shape index (κ2) is 4.46. The summed E-state index contributed by atoms with van der Waals surface area (Å²) < 4.78 is 0. The number of aliphatic hydroxyl groups excluding tert-OH is 1. The Morgan fingerprint density at radius 1 is 1.33 bits per heavy atom. The van der Waals surface area contributed by atoms with Gasteiger partial charge in [-0.05, 0) is 24.3 Å². The molecule has 0 heterocycles. The molecule has 0 amide bonds. The average Bonchev–Trinajstić information content (AvgIpc) is 2.15. The van der Waals surface area contributed by atoms with Gasteiger partial charge in [-0.15, -0.1) is 0 Å². The van der Waals surface area contributed by atoms with Crippen molar-refractivity contribution < 1.29 is 5.11 Å². The van der Waals surface area contributed by atoms with Crippen molar-refractivity contribution in [2.75, 3.05) is 18.5 Å². The van der Waals surface area contributed by atoms with Crippen molar-refractivity contribution in [3.8, 4) is 0 Å². The highest BCUT2D eigenvalue weighted by Crippen LogP contribution is 2.15. The fraction of sp³-hybridized carbons (Fsp3) is 0.250. The lowest BCUT2D eigenvalue weighted by Gasteiger charge is -2.02. The normalized spacial score (nSPS) is 9.42. The third kappa shape index (κ3) is 2.32. The molecule has 3 N–H and O–H groups in total. The molecule has 4 heteroatoms. The lowest BCUT2D eigenvalue weighted by atomic mass is 10.3. The number of benzene rings is 1. The summed E-state index contributed by atoms with van der Waals surface area (Å²) in [7, 11) is 0. The molecular weight excluding hydrogens is 154 g/mol. The molecule has 0 bridgehead atoms. The van der Waals surface area contributed by atoms with Crippen LogP contribution in [0, 0.1) is 5.53 Å². The summed E-state index contributed by atoms with van der Waals surface area (Å²) in [6.45, 7) is 0.655. The molecular formula is C8H11N3O. The van der Waals surface area contributed by atoms with Crippen molar-refractivity contribution in [1.82, 2.24) is 0 Å². The minimum atomic E-state index is 0.116. The van der Waals surface area contributed by atoms with E-state index in [0.717, 1.165) is 5.69 Å². The molecule has 64 valence electrons. The second-order valence-electron chi connectivity index (χ2n) is 2.31. The van der Waals surface area contributed by atoms with Gasteiger partial charge in [-0.1, -0.05) is 0 Å². The molecule has 0 aliphatic heterocycles. The molecule has 0 atom stereocenters. The number of nitrogens with zero attached hydrogens (tertiary/aromatic N) is 1. The molecule has 12 heavy (non-hydrogen) atoms. The van der Waals surface area contributed by atoms with Crippen LogP contribution in [0.2, 0.25) is 0 Å². The number of hydrogen-bond acceptors (Lipinski definition) is 4. The van der Waals surface area contributed by atoms with Gasteiger partial charge in [0.1, 0.15) is 0 Å². The van der Waals surface area contributed by atoms with Gasteiger partial charge in [-0.3, -0.25) is 0 Å². The third-order valence-electron chi connectivity index (χ3n) is 1.44. The summed E-state index contributed by atoms with van der Waals surface area (Å²) in [4.78, 5) is 0. The number of anilines is 1. The summed E-state index contributed by atoms with van der Waals surface area (Å²) in [5.74, 6) is 0. The van der Waals surface area contributed by atoms with Gasteiger partial charge < -0.3 is 10.4 Å². The average molecular weight is 165 g/mol. The predicted octanol–water partition coefficient (Wildman–Crippen LogP) is 1.75. The van der Waals surface area contributed by atoms with Crippen molar-refractivity contribution in [2.24, 2.45) is 5.11 Å². The highest BCUT2D eigenvalue weighted by molar-refractivity contribution is 5.50. The van der Waals surface area contributed by atoms with Gasteiger partial charge in [-0.2, -0.15) is 5.11 Å². The van der Waals surface area contributed by atoms with E-state index in [2.05, 4.69) is 10.4 Å². The number of aliphatic hydroxyl groups is 1. The zero-order valence-electron chi connectivity index (χ0n) is 6.62. The van der Waals surface area contributed by atoms with Crippen molar-refractivity contribution in [2.45, 2.75) is 0 Å². The zero-order chi connectivity index (χ0) is 8.81. The van der Waals surface area contributed by atoms with E-state index in [4.69, 9.17) is 10.6 Å². The summed E-state index contributed by atoms with van der Waals surface area (Å²) in [5, 5.41) is 14.8. The van der Waals surface area contributed by atoms with E-state index in [1.807, 2.05) is 12.1 Å². The standard InChI is InChI=1S/C8H11N3O/c9-11-8-3-1-7(2-4-8)10-5-6-12/h1-4,9-10,12H,5-6H2. The van der Waals surface area contributed by atoms with E-state index in [1.165, 1.54) is 0 Å². The monoisotopic (exact) mass is 165 g/mol. The van der Waals surface area contributed by atoms with E-state index in [0.29, 0.717) is 12.2 Å².